The first-order valence-corrected chi connectivity index (χ1v) is 10.9. The molecule has 8 nitrogen and oxygen atoms in total. The van der Waals surface area contributed by atoms with Gasteiger partial charge in [-0.15, -0.1) is 0 Å². The summed E-state index contributed by atoms with van der Waals surface area (Å²) in [7, 11) is -2.89. The fourth-order valence-corrected chi connectivity index (χ4v) is 4.81. The van der Waals surface area contributed by atoms with E-state index in [9.17, 15) is 9.00 Å². The van der Waals surface area contributed by atoms with Gasteiger partial charge in [-0.25, -0.2) is 4.21 Å². The van der Waals surface area contributed by atoms with Crippen molar-refractivity contribution in [2.45, 2.75) is 43.7 Å². The predicted molar refractivity (Wildman–Crippen MR) is 103 cm³/mol. The molecule has 2 aromatic rings. The van der Waals surface area contributed by atoms with Gasteiger partial charge < -0.3 is 10.8 Å². The lowest BCUT2D eigenvalue weighted by Crippen LogP contribution is -2.44. The van der Waals surface area contributed by atoms with Gasteiger partial charge in [0.2, 0.25) is 0 Å². The number of hydrogen-bond donors (Lipinski definition) is 3. The number of rotatable bonds is 9. The molecule has 1 heterocycles. The Hall–Kier alpha value is -2.26. The van der Waals surface area contributed by atoms with Crippen LogP contribution >= 0.6 is 0 Å². The van der Waals surface area contributed by atoms with Crippen molar-refractivity contribution in [2.75, 3.05) is 11.5 Å². The molecule has 0 bridgehead atoms. The van der Waals surface area contributed by atoms with Crippen LogP contribution in [-0.2, 0) is 20.1 Å². The third kappa shape index (κ3) is 4.54. The number of nitrogens with one attached hydrogen (secondary N) is 1. The highest BCUT2D eigenvalue weighted by molar-refractivity contribution is 7.92. The van der Waals surface area contributed by atoms with Crippen LogP contribution in [0.4, 0.5) is 0 Å². The van der Waals surface area contributed by atoms with E-state index in [1.165, 1.54) is 0 Å². The summed E-state index contributed by atoms with van der Waals surface area (Å²) in [6.07, 6.45) is 5.15. The molecule has 27 heavy (non-hydrogen) atoms. The maximum absolute atomic E-state index is 12.5. The van der Waals surface area contributed by atoms with Gasteiger partial charge in [0.05, 0.1) is 11.7 Å². The fourth-order valence-electron chi connectivity index (χ4n) is 3.27. The van der Waals surface area contributed by atoms with E-state index in [0.717, 1.165) is 30.5 Å². The van der Waals surface area contributed by atoms with Crippen molar-refractivity contribution in [3.05, 3.63) is 36.5 Å². The Kier molecular flexibility index (Phi) is 5.61. The Labute approximate surface area is 158 Å². The number of aromatic nitrogens is 3. The van der Waals surface area contributed by atoms with Crippen LogP contribution in [0.3, 0.4) is 0 Å². The number of hydrogen-bond acceptors (Lipinski definition) is 6. The number of carboxylic acid groups (broad SMARTS) is 1. The molecule has 1 saturated carbocycles. The van der Waals surface area contributed by atoms with Crippen molar-refractivity contribution in [2.24, 2.45) is 5.73 Å². The first-order chi connectivity index (χ1) is 12.8. The van der Waals surface area contributed by atoms with Gasteiger partial charge in [0.25, 0.3) is 0 Å². The van der Waals surface area contributed by atoms with Gasteiger partial charge in [-0.1, -0.05) is 30.3 Å². The van der Waals surface area contributed by atoms with Crippen LogP contribution < -0.4 is 5.73 Å². The Morgan fingerprint density at radius 1 is 1.33 bits per heavy atom. The molecule has 1 aliphatic carbocycles. The molecular weight excluding hydrogens is 366 g/mol. The van der Waals surface area contributed by atoms with E-state index in [4.69, 9.17) is 15.6 Å². The lowest BCUT2D eigenvalue weighted by atomic mass is 9.75. The zero-order chi connectivity index (χ0) is 19.5. The van der Waals surface area contributed by atoms with Crippen LogP contribution in [-0.4, -0.2) is 47.8 Å². The number of nitrogens with zero attached hydrogens (tertiary/aromatic N) is 3. The zero-order valence-electron chi connectivity index (χ0n) is 15.1. The van der Waals surface area contributed by atoms with E-state index in [1.807, 2.05) is 30.3 Å². The van der Waals surface area contributed by atoms with Crippen molar-refractivity contribution < 1.29 is 14.1 Å². The molecule has 0 spiro atoms. The topological polar surface area (TPSA) is 135 Å². The molecule has 0 radical (unpaired) electrons. The monoisotopic (exact) mass is 391 g/mol. The van der Waals surface area contributed by atoms with E-state index in [2.05, 4.69) is 10.2 Å². The van der Waals surface area contributed by atoms with Crippen molar-refractivity contribution in [1.29, 1.82) is 4.78 Å². The highest BCUT2D eigenvalue weighted by atomic mass is 32.2. The predicted octanol–water partition coefficient (Wildman–Crippen LogP) is 2.06. The van der Waals surface area contributed by atoms with Gasteiger partial charge in [-0.3, -0.25) is 9.57 Å². The molecule has 2 atom stereocenters. The summed E-state index contributed by atoms with van der Waals surface area (Å²) in [5.41, 5.74) is 6.94. The highest BCUT2D eigenvalue weighted by Crippen LogP contribution is 2.41. The summed E-state index contributed by atoms with van der Waals surface area (Å²) in [4.78, 5) is 12.5. The minimum atomic E-state index is -2.89. The second-order valence-electron chi connectivity index (χ2n) is 7.17. The summed E-state index contributed by atoms with van der Waals surface area (Å²) in [5, 5.41) is 17.9. The molecule has 1 aromatic carbocycles. The summed E-state index contributed by atoms with van der Waals surface area (Å²) >= 11 is 0. The Morgan fingerprint density at radius 2 is 2.04 bits per heavy atom. The van der Waals surface area contributed by atoms with Crippen molar-refractivity contribution in [3.8, 4) is 11.3 Å². The summed E-state index contributed by atoms with van der Waals surface area (Å²) < 4.78 is 20.6. The number of nitrogens with two attached hydrogens (primary N) is 1. The first-order valence-electron chi connectivity index (χ1n) is 9.02. The molecule has 0 amide bonds. The molecule has 0 aliphatic heterocycles. The number of carbonyl (C=O) groups is 1. The third-order valence-corrected chi connectivity index (χ3v) is 7.00. The quantitative estimate of drug-likeness (QED) is 0.599. The molecule has 3 rings (SSSR count). The van der Waals surface area contributed by atoms with E-state index in [1.54, 1.807) is 11.0 Å². The van der Waals surface area contributed by atoms with Crippen LogP contribution in [0.15, 0.2) is 36.5 Å². The second kappa shape index (κ2) is 7.77. The van der Waals surface area contributed by atoms with E-state index in [0.29, 0.717) is 6.42 Å². The largest absolute Gasteiger partial charge is 0.480 e. The van der Waals surface area contributed by atoms with Crippen LogP contribution in [0.1, 0.15) is 32.1 Å². The fraction of sp³-hybridized carbons (Fsp3) is 0.500. The first kappa shape index (κ1) is 19.5. The van der Waals surface area contributed by atoms with Gasteiger partial charge in [0, 0.05) is 26.8 Å². The Bertz CT molecular complexity index is 891. The van der Waals surface area contributed by atoms with Crippen LogP contribution in [0.25, 0.3) is 11.3 Å². The van der Waals surface area contributed by atoms with Crippen LogP contribution in [0.5, 0.6) is 0 Å². The van der Waals surface area contributed by atoms with Gasteiger partial charge in [-0.2, -0.15) is 15.0 Å². The Morgan fingerprint density at radius 3 is 2.63 bits per heavy atom. The van der Waals surface area contributed by atoms with E-state index < -0.39 is 21.7 Å². The van der Waals surface area contributed by atoms with E-state index in [-0.39, 0.29) is 23.5 Å². The zero-order valence-corrected chi connectivity index (χ0v) is 15.9. The summed E-state index contributed by atoms with van der Waals surface area (Å²) in [6, 6.07) is 8.72. The number of carboxylic acids is 1. The Balaban J connectivity index is 1.66. The normalized spacial score (nSPS) is 19.0. The summed E-state index contributed by atoms with van der Waals surface area (Å²) in [6.45, 7) is 0. The lowest BCUT2D eigenvalue weighted by molar-refractivity contribution is -0.138. The molecule has 4 N–H and O–H groups in total. The smallest absolute Gasteiger partial charge is 0.320 e. The maximum atomic E-state index is 12.5. The highest BCUT2D eigenvalue weighted by Gasteiger charge is 2.41. The average molecular weight is 391 g/mol. The molecule has 146 valence electrons. The standard InChI is InChI=1S/C18H25N5O3S/c19-15(17(24)25)7-11-27(20,26)12-10-18(8-4-9-18)23-21-13-16(22-23)14-5-2-1-3-6-14/h1-3,5-6,13,15,20H,4,7-12,19H2,(H,24,25)/t15-,27?/m0/s1. The maximum Gasteiger partial charge on any atom is 0.320 e. The second-order valence-corrected chi connectivity index (χ2v) is 9.61. The molecule has 0 saturated heterocycles. The lowest BCUT2D eigenvalue weighted by Gasteiger charge is -2.41. The molecule has 1 aromatic heterocycles. The molecule has 1 aliphatic rings. The summed E-state index contributed by atoms with van der Waals surface area (Å²) in [5.74, 6) is -0.935. The van der Waals surface area contributed by atoms with E-state index >= 15 is 0 Å². The van der Waals surface area contributed by atoms with Gasteiger partial charge in [0.1, 0.15) is 11.7 Å². The minimum Gasteiger partial charge on any atom is -0.480 e. The molecular formula is C18H25N5O3S. The third-order valence-electron chi connectivity index (χ3n) is 5.24. The molecule has 9 heteroatoms. The minimum absolute atomic E-state index is 0.00164. The average Bonchev–Trinajstić information content (AvgIpc) is 3.10. The number of aliphatic carboxylic acids is 1. The molecule has 1 fully saturated rings. The van der Waals surface area contributed by atoms with Gasteiger partial charge in [0.15, 0.2) is 0 Å². The van der Waals surface area contributed by atoms with Gasteiger partial charge in [-0.05, 0) is 32.1 Å². The van der Waals surface area contributed by atoms with Crippen molar-refractivity contribution in [3.63, 3.8) is 0 Å². The SMILES string of the molecule is N=S(=O)(CC[C@H](N)C(=O)O)CCC1(n2ncc(-c3ccccc3)n2)CCC1. The number of benzene rings is 1. The van der Waals surface area contributed by atoms with Crippen LogP contribution in [0, 0.1) is 4.78 Å². The van der Waals surface area contributed by atoms with Crippen molar-refractivity contribution >= 4 is 15.7 Å². The molecule has 1 unspecified atom stereocenters. The van der Waals surface area contributed by atoms with Crippen molar-refractivity contribution in [1.82, 2.24) is 15.0 Å². The van der Waals surface area contributed by atoms with Crippen LogP contribution in [0.2, 0.25) is 0 Å². The van der Waals surface area contributed by atoms with Gasteiger partial charge >= 0.3 is 5.97 Å².